The number of aromatic nitrogens is 2. The first-order chi connectivity index (χ1) is 24.8. The summed E-state index contributed by atoms with van der Waals surface area (Å²) in [4.78, 5) is 10.2. The number of furan rings is 2. The Morgan fingerprint density at radius 1 is 0.340 bits per heavy atom. The van der Waals surface area contributed by atoms with Gasteiger partial charge in [-0.1, -0.05) is 121 Å². The molecule has 4 heteroatoms. The minimum absolute atomic E-state index is 0.664. The van der Waals surface area contributed by atoms with Crippen molar-refractivity contribution in [3.8, 4) is 45.0 Å². The summed E-state index contributed by atoms with van der Waals surface area (Å²) in [6.45, 7) is 0. The number of rotatable bonds is 4. The highest BCUT2D eigenvalue weighted by Gasteiger charge is 2.20. The van der Waals surface area contributed by atoms with Crippen LogP contribution in [0.2, 0.25) is 0 Å². The summed E-state index contributed by atoms with van der Waals surface area (Å²) in [7, 11) is 0. The fourth-order valence-corrected chi connectivity index (χ4v) is 7.72. The van der Waals surface area contributed by atoms with Crippen LogP contribution in [-0.2, 0) is 0 Å². The number of para-hydroxylation sites is 1. The van der Waals surface area contributed by atoms with Crippen molar-refractivity contribution in [1.82, 2.24) is 9.97 Å². The molecule has 0 aliphatic rings. The fourth-order valence-electron chi connectivity index (χ4n) is 7.72. The van der Waals surface area contributed by atoms with Crippen LogP contribution < -0.4 is 0 Å². The van der Waals surface area contributed by atoms with Gasteiger partial charge in [0.15, 0.2) is 5.82 Å². The van der Waals surface area contributed by atoms with Crippen LogP contribution in [0.4, 0.5) is 0 Å². The lowest BCUT2D eigenvalue weighted by atomic mass is 9.92. The Labute approximate surface area is 286 Å². The molecular formula is C46H26N2O2. The molecule has 50 heavy (non-hydrogen) atoms. The second kappa shape index (κ2) is 10.4. The first-order valence-electron chi connectivity index (χ1n) is 16.8. The first-order valence-corrected chi connectivity index (χ1v) is 16.8. The monoisotopic (exact) mass is 638 g/mol. The number of fused-ring (bicyclic) bond motifs is 6. The third kappa shape index (κ3) is 3.99. The predicted octanol–water partition coefficient (Wildman–Crippen LogP) is 12.7. The molecule has 11 aromatic rings. The van der Waals surface area contributed by atoms with Crippen molar-refractivity contribution in [2.75, 3.05) is 0 Å². The fraction of sp³-hybridized carbons (Fsp3) is 0. The first kappa shape index (κ1) is 27.2. The Balaban J connectivity index is 1.05. The van der Waals surface area contributed by atoms with Gasteiger partial charge in [-0.25, -0.2) is 9.97 Å². The van der Waals surface area contributed by atoms with Crippen molar-refractivity contribution in [2.45, 2.75) is 0 Å². The van der Waals surface area contributed by atoms with Gasteiger partial charge in [-0.15, -0.1) is 0 Å². The van der Waals surface area contributed by atoms with E-state index in [0.717, 1.165) is 72.3 Å². The van der Waals surface area contributed by atoms with Crippen molar-refractivity contribution in [1.29, 1.82) is 0 Å². The molecule has 4 nitrogen and oxygen atoms in total. The second-order valence-electron chi connectivity index (χ2n) is 12.9. The molecule has 0 unspecified atom stereocenters. The standard InChI is InChI=1S/C46H26N2O2/c1-2-9-28(10-3-1)38-26-39(30-21-22-35-34-13-6-7-15-40(34)49-42(35)25-30)48-46(47-38)29-19-17-27(18-20-29)31-23-24-37-33-12-5-4-11-32(33)36-14-8-16-41-43(36)44(37)45(31)50-41/h1-26H. The summed E-state index contributed by atoms with van der Waals surface area (Å²) < 4.78 is 12.9. The molecule has 0 N–H and O–H groups in total. The van der Waals surface area contributed by atoms with Crippen molar-refractivity contribution < 1.29 is 8.83 Å². The summed E-state index contributed by atoms with van der Waals surface area (Å²) >= 11 is 0. The van der Waals surface area contributed by atoms with E-state index in [1.807, 2.05) is 36.4 Å². The smallest absolute Gasteiger partial charge is 0.160 e. The molecule has 232 valence electrons. The molecule has 0 fully saturated rings. The van der Waals surface area contributed by atoms with Gasteiger partial charge < -0.3 is 8.83 Å². The van der Waals surface area contributed by atoms with E-state index in [0.29, 0.717) is 5.82 Å². The van der Waals surface area contributed by atoms with Gasteiger partial charge in [0.05, 0.1) is 11.4 Å². The normalized spacial score (nSPS) is 12.0. The molecule has 8 aromatic carbocycles. The van der Waals surface area contributed by atoms with E-state index in [4.69, 9.17) is 18.8 Å². The van der Waals surface area contributed by atoms with Gasteiger partial charge in [0.25, 0.3) is 0 Å². The largest absolute Gasteiger partial charge is 0.456 e. The van der Waals surface area contributed by atoms with Crippen LogP contribution in [0.25, 0.3) is 110 Å². The van der Waals surface area contributed by atoms with Crippen LogP contribution in [0.1, 0.15) is 0 Å². The Morgan fingerprint density at radius 2 is 0.940 bits per heavy atom. The zero-order valence-electron chi connectivity index (χ0n) is 26.7. The van der Waals surface area contributed by atoms with Crippen LogP contribution in [0.3, 0.4) is 0 Å². The van der Waals surface area contributed by atoms with Crippen LogP contribution in [-0.4, -0.2) is 9.97 Å². The van der Waals surface area contributed by atoms with Crippen molar-refractivity contribution in [2.24, 2.45) is 0 Å². The van der Waals surface area contributed by atoms with E-state index >= 15 is 0 Å². The molecular weight excluding hydrogens is 613 g/mol. The Kier molecular flexibility index (Phi) is 5.63. The van der Waals surface area contributed by atoms with Crippen LogP contribution >= 0.6 is 0 Å². The summed E-state index contributed by atoms with van der Waals surface area (Å²) in [6.07, 6.45) is 0. The predicted molar refractivity (Wildman–Crippen MR) is 205 cm³/mol. The molecule has 0 atom stereocenters. The van der Waals surface area contributed by atoms with Gasteiger partial charge in [0.2, 0.25) is 0 Å². The molecule has 0 aliphatic heterocycles. The number of benzene rings is 8. The lowest BCUT2D eigenvalue weighted by molar-refractivity contribution is 0.669. The van der Waals surface area contributed by atoms with Gasteiger partial charge in [-0.3, -0.25) is 0 Å². The average Bonchev–Trinajstić information content (AvgIpc) is 3.77. The summed E-state index contributed by atoms with van der Waals surface area (Å²) in [6, 6.07) is 54.8. The van der Waals surface area contributed by atoms with Gasteiger partial charge in [0, 0.05) is 43.8 Å². The highest BCUT2D eigenvalue weighted by molar-refractivity contribution is 6.34. The quantitative estimate of drug-likeness (QED) is 0.180. The minimum atomic E-state index is 0.664. The zero-order chi connectivity index (χ0) is 32.8. The van der Waals surface area contributed by atoms with Gasteiger partial charge in [-0.05, 0) is 63.5 Å². The highest BCUT2D eigenvalue weighted by atomic mass is 16.3. The van der Waals surface area contributed by atoms with Crippen molar-refractivity contribution in [3.63, 3.8) is 0 Å². The average molecular weight is 639 g/mol. The number of hydrogen-bond acceptors (Lipinski definition) is 4. The SMILES string of the molecule is c1ccc(-c2cc(-c3ccc4c(c3)oc3ccccc34)nc(-c3ccc(-c4ccc5c6ccccc6c6cccc7oc4c5c76)cc3)n2)cc1. The second-order valence-corrected chi connectivity index (χ2v) is 12.9. The van der Waals surface area contributed by atoms with E-state index in [2.05, 4.69) is 121 Å². The van der Waals surface area contributed by atoms with E-state index in [1.54, 1.807) is 0 Å². The molecule has 3 aromatic heterocycles. The molecule has 0 aliphatic carbocycles. The van der Waals surface area contributed by atoms with E-state index in [-0.39, 0.29) is 0 Å². The maximum absolute atomic E-state index is 6.63. The molecule has 0 radical (unpaired) electrons. The Hall–Kier alpha value is -6.78. The lowest BCUT2D eigenvalue weighted by Crippen LogP contribution is -1.96. The molecule has 0 bridgehead atoms. The molecule has 11 rings (SSSR count). The van der Waals surface area contributed by atoms with E-state index < -0.39 is 0 Å². The Morgan fingerprint density at radius 3 is 1.76 bits per heavy atom. The molecule has 0 spiro atoms. The maximum Gasteiger partial charge on any atom is 0.160 e. The molecule has 3 heterocycles. The third-order valence-electron chi connectivity index (χ3n) is 10.1. The summed E-state index contributed by atoms with van der Waals surface area (Å²) in [5, 5.41) is 9.51. The number of hydrogen-bond donors (Lipinski definition) is 0. The Bertz CT molecular complexity index is 3080. The molecule has 0 saturated heterocycles. The van der Waals surface area contributed by atoms with Crippen molar-refractivity contribution in [3.05, 3.63) is 158 Å². The molecule has 0 saturated carbocycles. The minimum Gasteiger partial charge on any atom is -0.456 e. The topological polar surface area (TPSA) is 52.1 Å². The van der Waals surface area contributed by atoms with Crippen LogP contribution in [0.15, 0.2) is 167 Å². The van der Waals surface area contributed by atoms with Gasteiger partial charge >= 0.3 is 0 Å². The van der Waals surface area contributed by atoms with Gasteiger partial charge in [-0.2, -0.15) is 0 Å². The highest BCUT2D eigenvalue weighted by Crippen LogP contribution is 2.45. The summed E-state index contributed by atoms with van der Waals surface area (Å²) in [5.41, 5.74) is 10.3. The summed E-state index contributed by atoms with van der Waals surface area (Å²) in [5.74, 6) is 0.664. The van der Waals surface area contributed by atoms with Crippen LogP contribution in [0, 0.1) is 0 Å². The number of nitrogens with zero attached hydrogens (tertiary/aromatic N) is 2. The van der Waals surface area contributed by atoms with Crippen LogP contribution in [0.5, 0.6) is 0 Å². The van der Waals surface area contributed by atoms with Crippen molar-refractivity contribution >= 4 is 65.4 Å². The van der Waals surface area contributed by atoms with E-state index in [1.165, 1.54) is 32.3 Å². The molecule has 0 amide bonds. The van der Waals surface area contributed by atoms with E-state index in [9.17, 15) is 0 Å². The lowest BCUT2D eigenvalue weighted by Gasteiger charge is -2.11. The zero-order valence-corrected chi connectivity index (χ0v) is 26.7. The third-order valence-corrected chi connectivity index (χ3v) is 10.1. The van der Waals surface area contributed by atoms with Gasteiger partial charge in [0.1, 0.15) is 22.3 Å². The maximum atomic E-state index is 6.63.